The topological polar surface area (TPSA) is 78.6 Å². The average Bonchev–Trinajstić information content (AvgIpc) is 2.74. The Morgan fingerprint density at radius 2 is 2.05 bits per heavy atom. The fourth-order valence-corrected chi connectivity index (χ4v) is 4.10. The van der Waals surface area contributed by atoms with Gasteiger partial charge in [0.05, 0.1) is 0 Å². The first kappa shape index (κ1) is 12.7. The standard InChI is InChI=1S/C13H17NO4S/c1-19(15,16)12-9(13(7-14)5-2-6-13)3-4-10-11(12)18-8-17-10/h3-4H,2,5-8,14H2,1H3. The van der Waals surface area contributed by atoms with Gasteiger partial charge < -0.3 is 15.2 Å². The zero-order valence-electron chi connectivity index (χ0n) is 10.8. The minimum absolute atomic E-state index is 0.0664. The van der Waals surface area contributed by atoms with Crippen LogP contribution in [0.1, 0.15) is 24.8 Å². The lowest BCUT2D eigenvalue weighted by Crippen LogP contribution is -2.42. The van der Waals surface area contributed by atoms with Gasteiger partial charge in [0.1, 0.15) is 4.90 Å². The van der Waals surface area contributed by atoms with E-state index in [0.29, 0.717) is 18.0 Å². The lowest BCUT2D eigenvalue weighted by molar-refractivity contribution is 0.171. The number of rotatable bonds is 3. The summed E-state index contributed by atoms with van der Waals surface area (Å²) in [6, 6.07) is 3.61. The van der Waals surface area contributed by atoms with Crippen molar-refractivity contribution in [1.29, 1.82) is 0 Å². The third-order valence-electron chi connectivity index (χ3n) is 4.14. The van der Waals surface area contributed by atoms with Crippen LogP contribution in [0.15, 0.2) is 17.0 Å². The molecular formula is C13H17NO4S. The predicted octanol–water partition coefficient (Wildman–Crippen LogP) is 1.20. The summed E-state index contributed by atoms with van der Waals surface area (Å²) in [4.78, 5) is 0.257. The second-order valence-corrected chi connectivity index (χ2v) is 7.24. The Labute approximate surface area is 112 Å². The van der Waals surface area contributed by atoms with Crippen molar-refractivity contribution in [2.24, 2.45) is 5.73 Å². The largest absolute Gasteiger partial charge is 0.454 e. The molecule has 0 spiro atoms. The number of hydrogen-bond donors (Lipinski definition) is 1. The maximum atomic E-state index is 12.1. The summed E-state index contributed by atoms with van der Waals surface area (Å²) < 4.78 is 34.9. The zero-order chi connectivity index (χ0) is 13.7. The number of ether oxygens (including phenoxy) is 2. The molecule has 1 aromatic carbocycles. The summed E-state index contributed by atoms with van der Waals surface area (Å²) in [5, 5.41) is 0. The third-order valence-corrected chi connectivity index (χ3v) is 5.28. The van der Waals surface area contributed by atoms with Gasteiger partial charge in [0.2, 0.25) is 6.79 Å². The molecule has 1 saturated carbocycles. The number of sulfone groups is 1. The van der Waals surface area contributed by atoms with E-state index in [-0.39, 0.29) is 17.1 Å². The van der Waals surface area contributed by atoms with Crippen LogP contribution in [0.3, 0.4) is 0 Å². The van der Waals surface area contributed by atoms with Crippen molar-refractivity contribution in [3.05, 3.63) is 17.7 Å². The normalized spacial score (nSPS) is 20.1. The van der Waals surface area contributed by atoms with Gasteiger partial charge >= 0.3 is 0 Å². The molecule has 0 amide bonds. The first-order valence-corrected chi connectivity index (χ1v) is 8.20. The molecule has 3 rings (SSSR count). The van der Waals surface area contributed by atoms with E-state index in [1.54, 1.807) is 6.07 Å². The van der Waals surface area contributed by atoms with Crippen molar-refractivity contribution in [2.45, 2.75) is 29.6 Å². The van der Waals surface area contributed by atoms with E-state index >= 15 is 0 Å². The van der Waals surface area contributed by atoms with Crippen LogP contribution in [0.5, 0.6) is 11.5 Å². The molecule has 5 nitrogen and oxygen atoms in total. The molecule has 6 heteroatoms. The molecule has 0 aromatic heterocycles. The van der Waals surface area contributed by atoms with E-state index in [9.17, 15) is 8.42 Å². The van der Waals surface area contributed by atoms with Gasteiger partial charge in [0.15, 0.2) is 21.3 Å². The second kappa shape index (κ2) is 4.11. The molecule has 2 N–H and O–H groups in total. The molecule has 1 heterocycles. The Morgan fingerprint density at radius 1 is 1.32 bits per heavy atom. The third kappa shape index (κ3) is 1.81. The molecule has 104 valence electrons. The fourth-order valence-electron chi connectivity index (χ4n) is 2.92. The highest BCUT2D eigenvalue weighted by Gasteiger charge is 2.42. The maximum absolute atomic E-state index is 12.1. The van der Waals surface area contributed by atoms with Crippen molar-refractivity contribution >= 4 is 9.84 Å². The molecule has 1 aliphatic heterocycles. The lowest BCUT2D eigenvalue weighted by Gasteiger charge is -2.42. The highest BCUT2D eigenvalue weighted by Crippen LogP contribution is 2.50. The van der Waals surface area contributed by atoms with Gasteiger partial charge in [-0.25, -0.2) is 8.42 Å². The van der Waals surface area contributed by atoms with Crippen LogP contribution in [-0.4, -0.2) is 28.0 Å². The van der Waals surface area contributed by atoms with Crippen molar-refractivity contribution in [2.75, 3.05) is 19.6 Å². The summed E-state index contributed by atoms with van der Waals surface area (Å²) in [6.07, 6.45) is 4.13. The van der Waals surface area contributed by atoms with Crippen molar-refractivity contribution in [3.8, 4) is 11.5 Å². The van der Waals surface area contributed by atoms with Crippen LogP contribution in [0.2, 0.25) is 0 Å². The monoisotopic (exact) mass is 283 g/mol. The number of nitrogens with two attached hydrogens (primary N) is 1. The zero-order valence-corrected chi connectivity index (χ0v) is 11.6. The Morgan fingerprint density at radius 3 is 2.58 bits per heavy atom. The van der Waals surface area contributed by atoms with Gasteiger partial charge in [-0.2, -0.15) is 0 Å². The van der Waals surface area contributed by atoms with Crippen molar-refractivity contribution in [1.82, 2.24) is 0 Å². The van der Waals surface area contributed by atoms with E-state index in [1.165, 1.54) is 6.26 Å². The molecule has 1 fully saturated rings. The first-order valence-electron chi connectivity index (χ1n) is 6.31. The molecule has 0 unspecified atom stereocenters. The number of benzene rings is 1. The van der Waals surface area contributed by atoms with Gasteiger partial charge in [0, 0.05) is 18.2 Å². The fraction of sp³-hybridized carbons (Fsp3) is 0.538. The van der Waals surface area contributed by atoms with E-state index in [2.05, 4.69) is 0 Å². The summed E-state index contributed by atoms with van der Waals surface area (Å²) in [6.45, 7) is 0.520. The second-order valence-electron chi connectivity index (χ2n) is 5.29. The smallest absolute Gasteiger partial charge is 0.231 e. The Bertz CT molecular complexity index is 614. The molecule has 0 radical (unpaired) electrons. The summed E-state index contributed by atoms with van der Waals surface area (Å²) in [5.74, 6) is 0.843. The van der Waals surface area contributed by atoms with Gasteiger partial charge in [-0.1, -0.05) is 12.5 Å². The Kier molecular flexibility index (Phi) is 2.76. The van der Waals surface area contributed by atoms with Crippen LogP contribution in [0, 0.1) is 0 Å². The SMILES string of the molecule is CS(=O)(=O)c1c(C2(CN)CCC2)ccc2c1OCO2. The van der Waals surface area contributed by atoms with Gasteiger partial charge in [-0.05, 0) is 24.5 Å². The summed E-state index contributed by atoms with van der Waals surface area (Å²) >= 11 is 0. The molecule has 1 aliphatic carbocycles. The molecule has 1 aromatic rings. The predicted molar refractivity (Wildman–Crippen MR) is 70.3 cm³/mol. The van der Waals surface area contributed by atoms with Crippen LogP contribution in [0.25, 0.3) is 0 Å². The lowest BCUT2D eigenvalue weighted by atomic mass is 9.64. The molecule has 0 saturated heterocycles. The molecule has 19 heavy (non-hydrogen) atoms. The van der Waals surface area contributed by atoms with E-state index in [0.717, 1.165) is 24.8 Å². The molecule has 0 atom stereocenters. The van der Waals surface area contributed by atoms with Crippen LogP contribution in [-0.2, 0) is 15.3 Å². The van der Waals surface area contributed by atoms with Crippen LogP contribution < -0.4 is 15.2 Å². The van der Waals surface area contributed by atoms with E-state index < -0.39 is 9.84 Å². The minimum atomic E-state index is -3.39. The van der Waals surface area contributed by atoms with Gasteiger partial charge in [-0.15, -0.1) is 0 Å². The molecular weight excluding hydrogens is 266 g/mol. The molecule has 2 aliphatic rings. The molecule has 0 bridgehead atoms. The highest BCUT2D eigenvalue weighted by atomic mass is 32.2. The highest BCUT2D eigenvalue weighted by molar-refractivity contribution is 7.90. The van der Waals surface area contributed by atoms with Crippen LogP contribution in [0.4, 0.5) is 0 Å². The van der Waals surface area contributed by atoms with Crippen molar-refractivity contribution in [3.63, 3.8) is 0 Å². The number of hydrogen-bond acceptors (Lipinski definition) is 5. The van der Waals surface area contributed by atoms with E-state index in [4.69, 9.17) is 15.2 Å². The average molecular weight is 283 g/mol. The quantitative estimate of drug-likeness (QED) is 0.901. The number of fused-ring (bicyclic) bond motifs is 1. The summed E-state index contributed by atoms with van der Waals surface area (Å²) in [5.41, 5.74) is 6.45. The van der Waals surface area contributed by atoms with Gasteiger partial charge in [-0.3, -0.25) is 0 Å². The van der Waals surface area contributed by atoms with Gasteiger partial charge in [0.25, 0.3) is 0 Å². The Balaban J connectivity index is 2.26. The Hall–Kier alpha value is -1.27. The van der Waals surface area contributed by atoms with Crippen molar-refractivity contribution < 1.29 is 17.9 Å². The minimum Gasteiger partial charge on any atom is -0.454 e. The van der Waals surface area contributed by atoms with Crippen LogP contribution >= 0.6 is 0 Å². The first-order chi connectivity index (χ1) is 8.98. The van der Waals surface area contributed by atoms with E-state index in [1.807, 2.05) is 6.07 Å². The maximum Gasteiger partial charge on any atom is 0.231 e. The summed E-state index contributed by atoms with van der Waals surface area (Å²) in [7, 11) is -3.39.